The van der Waals surface area contributed by atoms with Crippen molar-refractivity contribution in [1.82, 2.24) is 15.1 Å². The number of nitrogens with one attached hydrogen (secondary N) is 1. The summed E-state index contributed by atoms with van der Waals surface area (Å²) in [5.74, 6) is 0.268. The van der Waals surface area contributed by atoms with Crippen molar-refractivity contribution in [1.29, 1.82) is 0 Å². The lowest BCUT2D eigenvalue weighted by atomic mass is 10.0. The highest BCUT2D eigenvalue weighted by Crippen LogP contribution is 2.33. The lowest BCUT2D eigenvalue weighted by Crippen LogP contribution is -2.50. The Bertz CT molecular complexity index is 1150. The van der Waals surface area contributed by atoms with Crippen molar-refractivity contribution < 1.29 is 22.7 Å². The molecule has 37 heavy (non-hydrogen) atoms. The van der Waals surface area contributed by atoms with E-state index in [9.17, 15) is 18.0 Å². The Kier molecular flexibility index (Phi) is 7.82. The average Bonchev–Trinajstić information content (AvgIpc) is 3.41. The topological polar surface area (TPSA) is 109 Å². The number of aliphatic imine (C=N–C) groups is 1. The van der Waals surface area contributed by atoms with Crippen LogP contribution in [-0.2, 0) is 22.3 Å². The molecule has 0 aliphatic carbocycles. The molecule has 4 rings (SSSR count). The standard InChI is InChI=1S/C26H33F3N6O2/c1-16-18(4-3-5-22(16)26(27,28)29)13-33-24(31)21-12-20(14-32-23(21)17(2)30)34-7-9-35(10-8-34)25(36)19-6-11-37-15-19/h3-5,12,14,19,32H,6-11,13,15,30H2,1-2H3,(H2,31,33)/b23-17+. The van der Waals surface area contributed by atoms with E-state index in [4.69, 9.17) is 16.2 Å². The van der Waals surface area contributed by atoms with E-state index in [1.54, 1.807) is 13.0 Å². The number of rotatable bonds is 5. The first-order valence-electron chi connectivity index (χ1n) is 12.3. The normalized spacial score (nSPS) is 22.4. The van der Waals surface area contributed by atoms with Crippen molar-refractivity contribution in [3.63, 3.8) is 0 Å². The van der Waals surface area contributed by atoms with Crippen molar-refractivity contribution in [3.05, 3.63) is 69.8 Å². The summed E-state index contributed by atoms with van der Waals surface area (Å²) in [5.41, 5.74) is 14.8. The van der Waals surface area contributed by atoms with Gasteiger partial charge in [-0.1, -0.05) is 12.1 Å². The van der Waals surface area contributed by atoms with E-state index in [1.165, 1.54) is 13.0 Å². The number of dihydropyridines is 1. The Balaban J connectivity index is 1.49. The molecule has 1 atom stereocenters. The third-order valence-corrected chi connectivity index (χ3v) is 7.00. The van der Waals surface area contributed by atoms with Crippen molar-refractivity contribution in [2.24, 2.45) is 22.4 Å². The second kappa shape index (κ2) is 10.9. The van der Waals surface area contributed by atoms with Crippen LogP contribution in [0.1, 0.15) is 30.0 Å². The predicted octanol–water partition coefficient (Wildman–Crippen LogP) is 2.61. The van der Waals surface area contributed by atoms with E-state index in [1.807, 2.05) is 17.2 Å². The molecular weight excluding hydrogens is 485 g/mol. The van der Waals surface area contributed by atoms with Gasteiger partial charge in [0.05, 0.1) is 36.0 Å². The maximum Gasteiger partial charge on any atom is 0.416 e. The van der Waals surface area contributed by atoms with Crippen LogP contribution in [0.25, 0.3) is 0 Å². The molecule has 5 N–H and O–H groups in total. The number of carbonyl (C=O) groups is 1. The molecule has 0 aromatic heterocycles. The quantitative estimate of drug-likeness (QED) is 0.409. The summed E-state index contributed by atoms with van der Waals surface area (Å²) in [6.45, 7) is 6.80. The average molecular weight is 519 g/mol. The van der Waals surface area contributed by atoms with Gasteiger partial charge in [-0.25, -0.2) is 0 Å². The van der Waals surface area contributed by atoms with Crippen molar-refractivity contribution in [2.45, 2.75) is 33.0 Å². The Morgan fingerprint density at radius 3 is 2.57 bits per heavy atom. The van der Waals surface area contributed by atoms with E-state index in [0.717, 1.165) is 18.2 Å². The van der Waals surface area contributed by atoms with Crippen LogP contribution in [0.2, 0.25) is 0 Å². The summed E-state index contributed by atoms with van der Waals surface area (Å²) < 4.78 is 45.2. The van der Waals surface area contributed by atoms with Crippen LogP contribution in [0.15, 0.2) is 58.1 Å². The number of nitrogens with two attached hydrogens (primary N) is 2. The first kappa shape index (κ1) is 26.6. The number of alkyl halides is 3. The molecule has 3 aliphatic rings. The summed E-state index contributed by atoms with van der Waals surface area (Å²) in [4.78, 5) is 21.2. The number of hydrogen-bond donors (Lipinski definition) is 3. The predicted molar refractivity (Wildman–Crippen MR) is 135 cm³/mol. The number of allylic oxidation sites excluding steroid dienone is 2. The number of amidine groups is 1. The van der Waals surface area contributed by atoms with Gasteiger partial charge in [-0.2, -0.15) is 13.2 Å². The molecule has 0 saturated carbocycles. The van der Waals surface area contributed by atoms with Gasteiger partial charge < -0.3 is 31.3 Å². The number of benzene rings is 1. The Morgan fingerprint density at radius 1 is 1.22 bits per heavy atom. The summed E-state index contributed by atoms with van der Waals surface area (Å²) in [5, 5.41) is 3.19. The van der Waals surface area contributed by atoms with E-state index in [-0.39, 0.29) is 29.8 Å². The first-order valence-corrected chi connectivity index (χ1v) is 12.3. The summed E-state index contributed by atoms with van der Waals surface area (Å²) >= 11 is 0. The van der Waals surface area contributed by atoms with Gasteiger partial charge in [0.15, 0.2) is 0 Å². The van der Waals surface area contributed by atoms with Crippen molar-refractivity contribution >= 4 is 11.7 Å². The molecule has 2 fully saturated rings. The molecule has 200 valence electrons. The summed E-state index contributed by atoms with van der Waals surface area (Å²) in [7, 11) is 0. The summed E-state index contributed by atoms with van der Waals surface area (Å²) in [6.07, 6.45) is 0.0490. The Morgan fingerprint density at radius 2 is 1.95 bits per heavy atom. The van der Waals surface area contributed by atoms with Crippen LogP contribution in [-0.4, -0.2) is 60.9 Å². The molecule has 1 unspecified atom stereocenters. The Hall–Kier alpha value is -3.47. The van der Waals surface area contributed by atoms with Gasteiger partial charge in [-0.15, -0.1) is 0 Å². The number of nitrogens with zero attached hydrogens (tertiary/aromatic N) is 3. The molecular formula is C26H33F3N6O2. The smallest absolute Gasteiger partial charge is 0.401 e. The molecule has 0 spiro atoms. The number of carbonyl (C=O) groups excluding carboxylic acids is 1. The van der Waals surface area contributed by atoms with E-state index in [0.29, 0.717) is 61.9 Å². The molecule has 0 radical (unpaired) electrons. The van der Waals surface area contributed by atoms with Crippen LogP contribution in [0.5, 0.6) is 0 Å². The van der Waals surface area contributed by atoms with E-state index < -0.39 is 11.7 Å². The fourth-order valence-electron chi connectivity index (χ4n) is 4.79. The molecule has 0 bridgehead atoms. The summed E-state index contributed by atoms with van der Waals surface area (Å²) in [6, 6.07) is 4.05. The monoisotopic (exact) mass is 518 g/mol. The minimum absolute atomic E-state index is 0.000536. The number of piperazine rings is 1. The van der Waals surface area contributed by atoms with E-state index >= 15 is 0 Å². The third-order valence-electron chi connectivity index (χ3n) is 7.00. The van der Waals surface area contributed by atoms with Gasteiger partial charge in [-0.3, -0.25) is 9.79 Å². The minimum Gasteiger partial charge on any atom is -0.401 e. The molecule has 11 heteroatoms. The Labute approximate surface area is 214 Å². The highest BCUT2D eigenvalue weighted by molar-refractivity contribution is 6.01. The van der Waals surface area contributed by atoms with Gasteiger partial charge in [0, 0.05) is 50.3 Å². The number of amides is 1. The minimum atomic E-state index is -4.43. The molecule has 1 aromatic rings. The zero-order chi connectivity index (χ0) is 26.7. The second-order valence-electron chi connectivity index (χ2n) is 9.49. The molecule has 3 aliphatic heterocycles. The molecule has 1 amide bonds. The third kappa shape index (κ3) is 5.93. The maximum absolute atomic E-state index is 13.3. The van der Waals surface area contributed by atoms with Gasteiger partial charge in [0.25, 0.3) is 0 Å². The SMILES string of the molecule is C/C(N)=C1\NC=C(N2CCN(C(=O)C3CCOC3)CC2)C=C1C(N)=NCc1cccc(C(F)(F)F)c1C. The fraction of sp³-hybridized carbons (Fsp3) is 0.462. The fourth-order valence-corrected chi connectivity index (χ4v) is 4.79. The molecule has 1 aromatic carbocycles. The van der Waals surface area contributed by atoms with Crippen LogP contribution < -0.4 is 16.8 Å². The van der Waals surface area contributed by atoms with Crippen molar-refractivity contribution in [2.75, 3.05) is 39.4 Å². The zero-order valence-corrected chi connectivity index (χ0v) is 21.1. The highest BCUT2D eigenvalue weighted by Gasteiger charge is 2.33. The van der Waals surface area contributed by atoms with Crippen molar-refractivity contribution in [3.8, 4) is 0 Å². The van der Waals surface area contributed by atoms with E-state index in [2.05, 4.69) is 15.2 Å². The first-order chi connectivity index (χ1) is 17.6. The molecule has 3 heterocycles. The lowest BCUT2D eigenvalue weighted by Gasteiger charge is -2.38. The van der Waals surface area contributed by atoms with Gasteiger partial charge in [0.1, 0.15) is 5.84 Å². The maximum atomic E-state index is 13.3. The van der Waals surface area contributed by atoms with Crippen LogP contribution in [0.4, 0.5) is 13.2 Å². The zero-order valence-electron chi connectivity index (χ0n) is 21.1. The molecule has 2 saturated heterocycles. The van der Waals surface area contributed by atoms with Crippen LogP contribution in [0.3, 0.4) is 0 Å². The highest BCUT2D eigenvalue weighted by atomic mass is 19.4. The van der Waals surface area contributed by atoms with Crippen LogP contribution >= 0.6 is 0 Å². The van der Waals surface area contributed by atoms with Gasteiger partial charge in [0.2, 0.25) is 5.91 Å². The number of ether oxygens (including phenoxy) is 1. The van der Waals surface area contributed by atoms with Gasteiger partial charge >= 0.3 is 6.18 Å². The second-order valence-corrected chi connectivity index (χ2v) is 9.49. The number of halogens is 3. The van der Waals surface area contributed by atoms with Gasteiger partial charge in [-0.05, 0) is 43.5 Å². The lowest BCUT2D eigenvalue weighted by molar-refractivity contribution is -0.138. The largest absolute Gasteiger partial charge is 0.416 e. The molecule has 8 nitrogen and oxygen atoms in total. The number of hydrogen-bond acceptors (Lipinski definition) is 6. The van der Waals surface area contributed by atoms with Crippen LogP contribution in [0, 0.1) is 12.8 Å².